The number of nitrogen functional groups attached to an aromatic ring is 1. The van der Waals surface area contributed by atoms with Crippen LogP contribution in [-0.4, -0.2) is 6.54 Å². The molecule has 2 heteroatoms. The maximum atomic E-state index is 5.86. The molecule has 2 aliphatic carbocycles. The van der Waals surface area contributed by atoms with Crippen molar-refractivity contribution in [3.8, 4) is 0 Å². The fourth-order valence-corrected chi connectivity index (χ4v) is 3.69. The summed E-state index contributed by atoms with van der Waals surface area (Å²) in [6.07, 6.45) is 8.08. The highest BCUT2D eigenvalue weighted by Crippen LogP contribution is 2.33. The van der Waals surface area contributed by atoms with Crippen LogP contribution in [0.2, 0.25) is 0 Å². The zero-order chi connectivity index (χ0) is 13.2. The van der Waals surface area contributed by atoms with E-state index in [2.05, 4.69) is 24.4 Å². The van der Waals surface area contributed by atoms with Crippen LogP contribution in [-0.2, 0) is 6.42 Å². The summed E-state index contributed by atoms with van der Waals surface area (Å²) in [5.74, 6) is 1.85. The molecular weight excluding hydrogens is 232 g/mol. The first-order valence-electron chi connectivity index (χ1n) is 7.84. The molecule has 0 radical (unpaired) electrons. The molecule has 2 aliphatic rings. The van der Waals surface area contributed by atoms with Crippen molar-refractivity contribution >= 4 is 5.69 Å². The standard InChI is InChI=1S/C17H26N2/c1-12-2-4-13(5-3-12)11-19-17-9-6-14-10-15(18)7-8-16(14)17/h7-8,10,12-13,17,19H,2-6,9,11,18H2,1H3. The molecule has 1 saturated carbocycles. The second-order valence-electron chi connectivity index (χ2n) is 6.58. The zero-order valence-corrected chi connectivity index (χ0v) is 12.0. The monoisotopic (exact) mass is 258 g/mol. The summed E-state index contributed by atoms with van der Waals surface area (Å²) < 4.78 is 0. The van der Waals surface area contributed by atoms with Crippen LogP contribution in [0.1, 0.15) is 56.2 Å². The molecule has 0 aromatic heterocycles. The summed E-state index contributed by atoms with van der Waals surface area (Å²) in [6.45, 7) is 3.59. The van der Waals surface area contributed by atoms with Crippen molar-refractivity contribution in [3.05, 3.63) is 29.3 Å². The van der Waals surface area contributed by atoms with Crippen LogP contribution in [0, 0.1) is 11.8 Å². The third kappa shape index (κ3) is 2.94. The summed E-state index contributed by atoms with van der Waals surface area (Å²) in [7, 11) is 0. The number of benzene rings is 1. The molecule has 3 N–H and O–H groups in total. The van der Waals surface area contributed by atoms with Crippen molar-refractivity contribution < 1.29 is 0 Å². The molecule has 1 fully saturated rings. The molecule has 2 nitrogen and oxygen atoms in total. The summed E-state index contributed by atoms with van der Waals surface area (Å²) >= 11 is 0. The van der Waals surface area contributed by atoms with Crippen molar-refractivity contribution in [2.45, 2.75) is 51.5 Å². The molecule has 1 aromatic rings. The number of nitrogens with one attached hydrogen (secondary N) is 1. The number of fused-ring (bicyclic) bond motifs is 1. The highest BCUT2D eigenvalue weighted by atomic mass is 14.9. The van der Waals surface area contributed by atoms with Gasteiger partial charge in [-0.25, -0.2) is 0 Å². The second-order valence-corrected chi connectivity index (χ2v) is 6.58. The van der Waals surface area contributed by atoms with Crippen LogP contribution in [0.25, 0.3) is 0 Å². The molecule has 3 rings (SSSR count). The van der Waals surface area contributed by atoms with Crippen LogP contribution in [0.3, 0.4) is 0 Å². The van der Waals surface area contributed by atoms with Gasteiger partial charge in [-0.05, 0) is 67.3 Å². The summed E-state index contributed by atoms with van der Waals surface area (Å²) in [5, 5.41) is 3.80. The molecule has 104 valence electrons. The zero-order valence-electron chi connectivity index (χ0n) is 12.0. The number of hydrogen-bond donors (Lipinski definition) is 2. The topological polar surface area (TPSA) is 38.0 Å². The third-order valence-corrected chi connectivity index (χ3v) is 5.03. The van der Waals surface area contributed by atoms with Gasteiger partial charge >= 0.3 is 0 Å². The van der Waals surface area contributed by atoms with Crippen LogP contribution in [0.15, 0.2) is 18.2 Å². The first-order valence-corrected chi connectivity index (χ1v) is 7.84. The van der Waals surface area contributed by atoms with E-state index in [9.17, 15) is 0 Å². The van der Waals surface area contributed by atoms with Gasteiger partial charge in [-0.3, -0.25) is 0 Å². The van der Waals surface area contributed by atoms with E-state index >= 15 is 0 Å². The Labute approximate surface area is 116 Å². The minimum atomic E-state index is 0.565. The summed E-state index contributed by atoms with van der Waals surface area (Å²) in [5.41, 5.74) is 9.70. The molecule has 0 saturated heterocycles. The largest absolute Gasteiger partial charge is 0.399 e. The number of nitrogens with two attached hydrogens (primary N) is 1. The predicted octanol–water partition coefficient (Wildman–Crippen LogP) is 3.67. The van der Waals surface area contributed by atoms with Crippen molar-refractivity contribution in [2.75, 3.05) is 12.3 Å². The number of hydrogen-bond acceptors (Lipinski definition) is 2. The highest BCUT2D eigenvalue weighted by molar-refractivity contribution is 5.47. The molecule has 0 bridgehead atoms. The van der Waals surface area contributed by atoms with E-state index < -0.39 is 0 Å². The van der Waals surface area contributed by atoms with Crippen LogP contribution < -0.4 is 11.1 Å². The van der Waals surface area contributed by atoms with Gasteiger partial charge in [-0.1, -0.05) is 25.8 Å². The van der Waals surface area contributed by atoms with Gasteiger partial charge in [-0.2, -0.15) is 0 Å². The Hall–Kier alpha value is -1.02. The van der Waals surface area contributed by atoms with Crippen molar-refractivity contribution in [2.24, 2.45) is 11.8 Å². The third-order valence-electron chi connectivity index (χ3n) is 5.03. The van der Waals surface area contributed by atoms with Crippen LogP contribution >= 0.6 is 0 Å². The quantitative estimate of drug-likeness (QED) is 0.812. The Balaban J connectivity index is 1.55. The van der Waals surface area contributed by atoms with Gasteiger partial charge in [0.05, 0.1) is 0 Å². The normalized spacial score (nSPS) is 30.3. The van der Waals surface area contributed by atoms with Gasteiger partial charge in [0.15, 0.2) is 0 Å². The Morgan fingerprint density at radius 1 is 1.16 bits per heavy atom. The fourth-order valence-electron chi connectivity index (χ4n) is 3.69. The van der Waals surface area contributed by atoms with Crippen molar-refractivity contribution in [1.29, 1.82) is 0 Å². The minimum absolute atomic E-state index is 0.565. The lowest BCUT2D eigenvalue weighted by Crippen LogP contribution is -2.28. The Kier molecular flexibility index (Phi) is 3.79. The SMILES string of the molecule is CC1CCC(CNC2CCc3cc(N)ccc32)CC1. The molecule has 1 aromatic carbocycles. The molecule has 1 atom stereocenters. The lowest BCUT2D eigenvalue weighted by atomic mass is 9.83. The number of anilines is 1. The highest BCUT2D eigenvalue weighted by Gasteiger charge is 2.24. The maximum absolute atomic E-state index is 5.86. The van der Waals surface area contributed by atoms with Gasteiger partial charge < -0.3 is 11.1 Å². The average molecular weight is 258 g/mol. The molecular formula is C17H26N2. The first-order chi connectivity index (χ1) is 9.22. The van der Waals surface area contributed by atoms with Gasteiger partial charge in [0.2, 0.25) is 0 Å². The van der Waals surface area contributed by atoms with E-state index in [1.54, 1.807) is 0 Å². The Morgan fingerprint density at radius 3 is 2.74 bits per heavy atom. The van der Waals surface area contributed by atoms with Gasteiger partial charge in [-0.15, -0.1) is 0 Å². The Morgan fingerprint density at radius 2 is 1.95 bits per heavy atom. The van der Waals surface area contributed by atoms with Crippen LogP contribution in [0.5, 0.6) is 0 Å². The average Bonchev–Trinajstić information content (AvgIpc) is 2.80. The van der Waals surface area contributed by atoms with E-state index in [1.165, 1.54) is 56.2 Å². The summed E-state index contributed by atoms with van der Waals surface area (Å²) in [6, 6.07) is 6.98. The number of rotatable bonds is 3. The molecule has 0 aliphatic heterocycles. The molecule has 0 spiro atoms. The van der Waals surface area contributed by atoms with Gasteiger partial charge in [0, 0.05) is 11.7 Å². The molecule has 19 heavy (non-hydrogen) atoms. The predicted molar refractivity (Wildman–Crippen MR) is 81.0 cm³/mol. The van der Waals surface area contributed by atoms with E-state index in [1.807, 2.05) is 6.07 Å². The lowest BCUT2D eigenvalue weighted by molar-refractivity contribution is 0.274. The van der Waals surface area contributed by atoms with Crippen molar-refractivity contribution in [1.82, 2.24) is 5.32 Å². The second kappa shape index (κ2) is 5.54. The Bertz CT molecular complexity index is 433. The minimum Gasteiger partial charge on any atom is -0.399 e. The maximum Gasteiger partial charge on any atom is 0.0326 e. The molecule has 1 unspecified atom stereocenters. The fraction of sp³-hybridized carbons (Fsp3) is 0.647. The van der Waals surface area contributed by atoms with E-state index in [4.69, 9.17) is 5.73 Å². The molecule has 0 amide bonds. The van der Waals surface area contributed by atoms with E-state index in [0.717, 1.165) is 17.5 Å². The summed E-state index contributed by atoms with van der Waals surface area (Å²) in [4.78, 5) is 0. The van der Waals surface area contributed by atoms with Crippen LogP contribution in [0.4, 0.5) is 5.69 Å². The smallest absolute Gasteiger partial charge is 0.0326 e. The van der Waals surface area contributed by atoms with Gasteiger partial charge in [0.25, 0.3) is 0 Å². The lowest BCUT2D eigenvalue weighted by Gasteiger charge is -2.27. The van der Waals surface area contributed by atoms with E-state index in [0.29, 0.717) is 6.04 Å². The van der Waals surface area contributed by atoms with Gasteiger partial charge in [0.1, 0.15) is 0 Å². The number of aryl methyl sites for hydroxylation is 1. The molecule has 0 heterocycles. The van der Waals surface area contributed by atoms with Crippen molar-refractivity contribution in [3.63, 3.8) is 0 Å². The first kappa shape index (κ1) is 13.0. The van der Waals surface area contributed by atoms with E-state index in [-0.39, 0.29) is 0 Å².